The van der Waals surface area contributed by atoms with Gasteiger partial charge in [0, 0.05) is 30.2 Å². The van der Waals surface area contributed by atoms with E-state index in [9.17, 15) is 9.59 Å². The van der Waals surface area contributed by atoms with E-state index in [0.717, 1.165) is 53.4 Å². The van der Waals surface area contributed by atoms with Crippen LogP contribution in [0.2, 0.25) is 5.02 Å². The Morgan fingerprint density at radius 1 is 1.21 bits per heavy atom. The molecule has 1 saturated heterocycles. The fourth-order valence-electron chi connectivity index (χ4n) is 3.70. The number of hydrogen-bond donors (Lipinski definition) is 1. The first-order chi connectivity index (χ1) is 13.5. The van der Waals surface area contributed by atoms with Gasteiger partial charge in [-0.05, 0) is 61.8 Å². The van der Waals surface area contributed by atoms with Crippen molar-refractivity contribution >= 4 is 44.7 Å². The number of nitrogens with zero attached hydrogens (tertiary/aromatic N) is 2. The summed E-state index contributed by atoms with van der Waals surface area (Å²) in [6, 6.07) is 13.6. The summed E-state index contributed by atoms with van der Waals surface area (Å²) in [5.41, 5.74) is 2.84. The normalized spacial score (nSPS) is 15.8. The lowest BCUT2D eigenvalue weighted by molar-refractivity contribution is -0.121. The summed E-state index contributed by atoms with van der Waals surface area (Å²) >= 11 is 7.26. The molecule has 28 heavy (non-hydrogen) atoms. The van der Waals surface area contributed by atoms with Crippen LogP contribution in [0.5, 0.6) is 0 Å². The van der Waals surface area contributed by atoms with Crippen molar-refractivity contribution in [3.63, 3.8) is 0 Å². The number of thiazole rings is 1. The fourth-order valence-corrected chi connectivity index (χ4v) is 4.83. The standard InChI is InChI=1S/C21H22ClN3O2S/c1-24-18-6-5-17(12-19(18)28-21(24)27)23-20(26)15-7-9-25(10-8-15)13-14-3-2-4-16(22)11-14/h2-6,11-12,15H,7-10,13H2,1H3,(H,23,26). The molecule has 1 aliphatic rings. The molecular weight excluding hydrogens is 394 g/mol. The number of anilines is 1. The molecule has 2 heterocycles. The Morgan fingerprint density at radius 3 is 2.75 bits per heavy atom. The van der Waals surface area contributed by atoms with E-state index in [-0.39, 0.29) is 16.7 Å². The first kappa shape index (κ1) is 19.2. The minimum absolute atomic E-state index is 0.00514. The van der Waals surface area contributed by atoms with Crippen LogP contribution in [0.3, 0.4) is 0 Å². The summed E-state index contributed by atoms with van der Waals surface area (Å²) in [7, 11) is 1.76. The Balaban J connectivity index is 1.34. The quantitative estimate of drug-likeness (QED) is 0.697. The van der Waals surface area contributed by atoms with E-state index < -0.39 is 0 Å². The van der Waals surface area contributed by atoms with Gasteiger partial charge in [-0.2, -0.15) is 0 Å². The fraction of sp³-hybridized carbons (Fsp3) is 0.333. The van der Waals surface area contributed by atoms with Crippen LogP contribution in [0.1, 0.15) is 18.4 Å². The van der Waals surface area contributed by atoms with Gasteiger partial charge >= 0.3 is 4.87 Å². The molecule has 0 bridgehead atoms. The SMILES string of the molecule is Cn1c(=O)sc2cc(NC(=O)C3CCN(Cc4cccc(Cl)c4)CC3)ccc21. The van der Waals surface area contributed by atoms with E-state index in [2.05, 4.69) is 16.3 Å². The number of piperidine rings is 1. The van der Waals surface area contributed by atoms with Gasteiger partial charge in [0.1, 0.15) is 0 Å². The van der Waals surface area contributed by atoms with E-state index in [1.165, 1.54) is 16.9 Å². The Hall–Kier alpha value is -2.15. The maximum Gasteiger partial charge on any atom is 0.307 e. The van der Waals surface area contributed by atoms with Crippen LogP contribution in [-0.4, -0.2) is 28.5 Å². The Labute approximate surface area is 172 Å². The van der Waals surface area contributed by atoms with Crippen LogP contribution >= 0.6 is 22.9 Å². The monoisotopic (exact) mass is 415 g/mol. The number of hydrogen-bond acceptors (Lipinski definition) is 4. The first-order valence-electron chi connectivity index (χ1n) is 9.37. The molecule has 0 spiro atoms. The van der Waals surface area contributed by atoms with E-state index >= 15 is 0 Å². The molecule has 1 aromatic heterocycles. The highest BCUT2D eigenvalue weighted by Crippen LogP contribution is 2.24. The lowest BCUT2D eigenvalue weighted by atomic mass is 9.95. The molecule has 2 aromatic carbocycles. The zero-order chi connectivity index (χ0) is 19.7. The maximum atomic E-state index is 12.7. The summed E-state index contributed by atoms with van der Waals surface area (Å²) in [5.74, 6) is 0.0749. The van der Waals surface area contributed by atoms with E-state index in [0.29, 0.717) is 0 Å². The number of amides is 1. The number of rotatable bonds is 4. The van der Waals surface area contributed by atoms with Crippen LogP contribution in [0, 0.1) is 5.92 Å². The lowest BCUT2D eigenvalue weighted by Crippen LogP contribution is -2.37. The smallest absolute Gasteiger partial charge is 0.307 e. The van der Waals surface area contributed by atoms with Crippen LogP contribution < -0.4 is 10.2 Å². The summed E-state index contributed by atoms with van der Waals surface area (Å²) in [6.45, 7) is 2.65. The topological polar surface area (TPSA) is 54.3 Å². The van der Waals surface area contributed by atoms with Crippen molar-refractivity contribution in [1.29, 1.82) is 0 Å². The number of halogens is 1. The lowest BCUT2D eigenvalue weighted by Gasteiger charge is -2.31. The minimum Gasteiger partial charge on any atom is -0.326 e. The number of nitrogens with one attached hydrogen (secondary N) is 1. The number of likely N-dealkylation sites (tertiary alicyclic amines) is 1. The molecule has 0 unspecified atom stereocenters. The Bertz CT molecular complexity index is 1070. The number of fused-ring (bicyclic) bond motifs is 1. The number of aromatic nitrogens is 1. The zero-order valence-corrected chi connectivity index (χ0v) is 17.2. The van der Waals surface area contributed by atoms with Crippen molar-refractivity contribution < 1.29 is 4.79 Å². The largest absolute Gasteiger partial charge is 0.326 e. The average Bonchev–Trinajstić information content (AvgIpc) is 2.96. The number of aryl methyl sites for hydroxylation is 1. The third-order valence-electron chi connectivity index (χ3n) is 5.31. The van der Waals surface area contributed by atoms with Gasteiger partial charge in [-0.1, -0.05) is 35.1 Å². The van der Waals surface area contributed by atoms with Gasteiger partial charge < -0.3 is 9.88 Å². The molecule has 7 heteroatoms. The molecule has 4 rings (SSSR count). The van der Waals surface area contributed by atoms with E-state index in [4.69, 9.17) is 11.6 Å². The molecule has 146 valence electrons. The Morgan fingerprint density at radius 2 is 2.00 bits per heavy atom. The summed E-state index contributed by atoms with van der Waals surface area (Å²) < 4.78 is 2.52. The van der Waals surface area contributed by atoms with Gasteiger partial charge in [0.05, 0.1) is 10.2 Å². The zero-order valence-electron chi connectivity index (χ0n) is 15.7. The van der Waals surface area contributed by atoms with Gasteiger partial charge in [-0.3, -0.25) is 14.5 Å². The van der Waals surface area contributed by atoms with Gasteiger partial charge in [-0.15, -0.1) is 0 Å². The van der Waals surface area contributed by atoms with Crippen LogP contribution in [-0.2, 0) is 18.4 Å². The predicted octanol–water partition coefficient (Wildman–Crippen LogP) is 4.10. The van der Waals surface area contributed by atoms with Crippen molar-refractivity contribution in [2.24, 2.45) is 13.0 Å². The summed E-state index contributed by atoms with van der Waals surface area (Å²) in [4.78, 5) is 26.8. The molecule has 0 aliphatic carbocycles. The van der Waals surface area contributed by atoms with Crippen molar-refractivity contribution in [3.05, 3.63) is 62.7 Å². The average molecular weight is 416 g/mol. The Kier molecular flexibility index (Phi) is 5.53. The van der Waals surface area contributed by atoms with Crippen LogP contribution in [0.4, 0.5) is 5.69 Å². The third kappa shape index (κ3) is 4.14. The summed E-state index contributed by atoms with van der Waals surface area (Å²) in [5, 5.41) is 3.78. The van der Waals surface area contributed by atoms with Gasteiger partial charge in [-0.25, -0.2) is 0 Å². The van der Waals surface area contributed by atoms with Gasteiger partial charge in [0.25, 0.3) is 0 Å². The second-order valence-electron chi connectivity index (χ2n) is 7.28. The number of carbonyl (C=O) groups is 1. The highest BCUT2D eigenvalue weighted by molar-refractivity contribution is 7.16. The van der Waals surface area contributed by atoms with E-state index in [1.807, 2.05) is 36.4 Å². The molecule has 0 radical (unpaired) electrons. The van der Waals surface area contributed by atoms with Crippen molar-refractivity contribution in [1.82, 2.24) is 9.47 Å². The highest BCUT2D eigenvalue weighted by atomic mass is 35.5. The second kappa shape index (κ2) is 8.07. The third-order valence-corrected chi connectivity index (χ3v) is 6.54. The molecular formula is C21H22ClN3O2S. The van der Waals surface area contributed by atoms with E-state index in [1.54, 1.807) is 11.6 Å². The van der Waals surface area contributed by atoms with Gasteiger partial charge in [0.15, 0.2) is 0 Å². The molecule has 5 nitrogen and oxygen atoms in total. The maximum absolute atomic E-state index is 12.7. The second-order valence-corrected chi connectivity index (χ2v) is 8.71. The number of benzene rings is 2. The molecule has 0 atom stereocenters. The predicted molar refractivity (Wildman–Crippen MR) is 115 cm³/mol. The highest BCUT2D eigenvalue weighted by Gasteiger charge is 2.25. The molecule has 1 N–H and O–H groups in total. The number of carbonyl (C=O) groups excluding carboxylic acids is 1. The van der Waals surface area contributed by atoms with Crippen LogP contribution in [0.25, 0.3) is 10.2 Å². The summed E-state index contributed by atoms with van der Waals surface area (Å²) in [6.07, 6.45) is 1.68. The van der Waals surface area contributed by atoms with Gasteiger partial charge in [0.2, 0.25) is 5.91 Å². The molecule has 3 aromatic rings. The molecule has 1 fully saturated rings. The first-order valence-corrected chi connectivity index (χ1v) is 10.6. The minimum atomic E-state index is 0.00514. The molecule has 1 aliphatic heterocycles. The van der Waals surface area contributed by atoms with Crippen LogP contribution in [0.15, 0.2) is 47.3 Å². The van der Waals surface area contributed by atoms with Crippen molar-refractivity contribution in [2.45, 2.75) is 19.4 Å². The molecule has 0 saturated carbocycles. The molecule has 1 amide bonds. The van der Waals surface area contributed by atoms with Crippen molar-refractivity contribution in [3.8, 4) is 0 Å². The van der Waals surface area contributed by atoms with Crippen molar-refractivity contribution in [2.75, 3.05) is 18.4 Å².